The van der Waals surface area contributed by atoms with Crippen molar-refractivity contribution >= 4 is 77.5 Å². The van der Waals surface area contributed by atoms with E-state index >= 15 is 0 Å². The van der Waals surface area contributed by atoms with Crippen LogP contribution in [0.15, 0.2) is 128 Å². The van der Waals surface area contributed by atoms with Crippen LogP contribution in [0, 0.1) is 5.92 Å². The lowest BCUT2D eigenvalue weighted by atomic mass is 10.0. The molecule has 0 aliphatic carbocycles. The van der Waals surface area contributed by atoms with E-state index in [4.69, 9.17) is 59.6 Å². The zero-order valence-electron chi connectivity index (χ0n) is 42.1. The van der Waals surface area contributed by atoms with Gasteiger partial charge >= 0.3 is 0 Å². The summed E-state index contributed by atoms with van der Waals surface area (Å²) in [5.74, 6) is 0.623. The second kappa shape index (κ2) is 24.0. The third-order valence-electron chi connectivity index (χ3n) is 14.4. The van der Waals surface area contributed by atoms with Crippen molar-refractivity contribution in [3.8, 4) is 33.8 Å². The molecule has 9 aromatic rings. The number of piperidine rings is 2. The molecule has 3 saturated heterocycles. The highest BCUT2D eigenvalue weighted by atomic mass is 35.5. The second-order valence-corrected chi connectivity index (χ2v) is 22.6. The molecule has 19 heteroatoms. The Hall–Kier alpha value is -5.82. The molecule has 6 aromatic heterocycles. The highest BCUT2D eigenvalue weighted by Crippen LogP contribution is 2.36. The molecule has 15 nitrogen and oxygen atoms in total. The van der Waals surface area contributed by atoms with Crippen molar-refractivity contribution in [2.24, 2.45) is 5.92 Å². The molecule has 3 aliphatic heterocycles. The molecule has 3 aliphatic rings. The number of nitrogens with zero attached hydrogens (tertiary/aromatic N) is 11. The predicted molar refractivity (Wildman–Crippen MR) is 299 cm³/mol. The maximum Gasteiger partial charge on any atom is 0.211 e. The molecule has 12 rings (SSSR count). The number of fused-ring (bicyclic) bond motifs is 3. The first-order valence-electron chi connectivity index (χ1n) is 25.5. The quantitative estimate of drug-likeness (QED) is 0.122. The van der Waals surface area contributed by atoms with Gasteiger partial charge in [0, 0.05) is 145 Å². The van der Waals surface area contributed by atoms with Gasteiger partial charge in [0.15, 0.2) is 0 Å². The first-order chi connectivity index (χ1) is 36.5. The minimum absolute atomic E-state index is 0.166. The van der Waals surface area contributed by atoms with Crippen LogP contribution >= 0.6 is 34.8 Å². The molecule has 0 unspecified atom stereocenters. The number of benzene rings is 3. The van der Waals surface area contributed by atoms with Crippen LogP contribution in [0.1, 0.15) is 50.6 Å². The molecular formula is C56H60Cl3N11O4S. The van der Waals surface area contributed by atoms with E-state index in [1.165, 1.54) is 10.6 Å². The number of ether oxygens (including phenoxy) is 2. The van der Waals surface area contributed by atoms with Gasteiger partial charge in [-0.3, -0.25) is 29.0 Å². The van der Waals surface area contributed by atoms with E-state index < -0.39 is 10.0 Å². The van der Waals surface area contributed by atoms with E-state index in [1.54, 1.807) is 13.3 Å². The Morgan fingerprint density at radius 2 is 0.973 bits per heavy atom. The average molecular weight is 1090 g/mol. The van der Waals surface area contributed by atoms with Gasteiger partial charge in [0.05, 0.1) is 41.5 Å². The van der Waals surface area contributed by atoms with E-state index in [1.807, 2.05) is 121 Å². The van der Waals surface area contributed by atoms with Crippen LogP contribution < -0.4 is 0 Å². The van der Waals surface area contributed by atoms with Gasteiger partial charge in [-0.15, -0.1) is 0 Å². The monoisotopic (exact) mass is 1090 g/mol. The molecule has 75 heavy (non-hydrogen) atoms. The summed E-state index contributed by atoms with van der Waals surface area (Å²) in [6.45, 7) is 7.64. The van der Waals surface area contributed by atoms with Crippen molar-refractivity contribution in [2.75, 3.05) is 65.9 Å². The van der Waals surface area contributed by atoms with Crippen molar-refractivity contribution in [3.05, 3.63) is 143 Å². The molecule has 3 fully saturated rings. The van der Waals surface area contributed by atoms with Gasteiger partial charge in [0.2, 0.25) is 10.0 Å². The van der Waals surface area contributed by atoms with Crippen LogP contribution in [0.2, 0.25) is 15.1 Å². The third kappa shape index (κ3) is 12.4. The lowest BCUT2D eigenvalue weighted by Crippen LogP contribution is -2.38. The van der Waals surface area contributed by atoms with E-state index in [-0.39, 0.29) is 6.04 Å². The van der Waals surface area contributed by atoms with Crippen molar-refractivity contribution < 1.29 is 17.9 Å². The van der Waals surface area contributed by atoms with E-state index in [0.29, 0.717) is 30.1 Å². The Morgan fingerprint density at radius 3 is 1.41 bits per heavy atom. The molecule has 0 atom stereocenters. The number of likely N-dealkylation sites (tertiary alicyclic amines) is 1. The highest BCUT2D eigenvalue weighted by molar-refractivity contribution is 7.88. The molecule has 0 radical (unpaired) electrons. The number of sulfonamides is 1. The maximum atomic E-state index is 11.7. The Bertz CT molecular complexity index is 3440. The van der Waals surface area contributed by atoms with E-state index in [9.17, 15) is 8.42 Å². The number of hydrogen-bond acceptors (Lipinski definition) is 11. The number of hydrogen-bond donors (Lipinski definition) is 0. The second-order valence-electron chi connectivity index (χ2n) is 19.3. The van der Waals surface area contributed by atoms with Crippen LogP contribution in [-0.2, 0) is 26.0 Å². The highest BCUT2D eigenvalue weighted by Gasteiger charge is 2.29. The third-order valence-corrected chi connectivity index (χ3v) is 16.5. The van der Waals surface area contributed by atoms with Gasteiger partial charge in [-0.05, 0) is 99.0 Å². The normalized spacial score (nSPS) is 16.5. The first-order valence-corrected chi connectivity index (χ1v) is 28.5. The molecule has 0 spiro atoms. The fourth-order valence-electron chi connectivity index (χ4n) is 10.4. The number of rotatable bonds is 11. The summed E-state index contributed by atoms with van der Waals surface area (Å²) in [5, 5.41) is 20.1. The van der Waals surface area contributed by atoms with Gasteiger partial charge in [-0.1, -0.05) is 71.2 Å². The Labute approximate surface area is 452 Å². The fraction of sp³-hybridized carbons (Fsp3) is 0.357. The SMILES string of the molecule is COCCN1CCC(n2nc(-c3ccc(Cl)cc3)c3cnccc32)CC1.CS(=O)(=O)N1CCC(n2nc(-c3ccc(Cl)cc3)c3cnccc32)CC1.Clc1ccc(-c2nn(CC3CCOCC3)c3ccncc23)cc1. The van der Waals surface area contributed by atoms with Gasteiger partial charge in [0.1, 0.15) is 17.1 Å². The number of aromatic nitrogens is 9. The maximum absolute atomic E-state index is 11.7. The Morgan fingerprint density at radius 1 is 0.560 bits per heavy atom. The summed E-state index contributed by atoms with van der Waals surface area (Å²) in [6.07, 6.45) is 18.2. The van der Waals surface area contributed by atoms with Crippen LogP contribution in [0.3, 0.4) is 0 Å². The molecular weight excluding hydrogens is 1030 g/mol. The summed E-state index contributed by atoms with van der Waals surface area (Å²) in [4.78, 5) is 15.3. The molecule has 0 N–H and O–H groups in total. The molecule has 0 bridgehead atoms. The number of methoxy groups -OCH3 is 1. The first kappa shape index (κ1) is 52.6. The van der Waals surface area contributed by atoms with Gasteiger partial charge < -0.3 is 14.4 Å². The molecule has 390 valence electrons. The Balaban J connectivity index is 0.000000129. The summed E-state index contributed by atoms with van der Waals surface area (Å²) in [7, 11) is -1.38. The van der Waals surface area contributed by atoms with Gasteiger partial charge in [-0.25, -0.2) is 12.7 Å². The topological polar surface area (TPSA) is 151 Å². The zero-order valence-corrected chi connectivity index (χ0v) is 45.1. The Kier molecular flexibility index (Phi) is 16.9. The van der Waals surface area contributed by atoms with Gasteiger partial charge in [0.25, 0.3) is 0 Å². The minimum Gasteiger partial charge on any atom is -0.383 e. The fourth-order valence-corrected chi connectivity index (χ4v) is 11.6. The minimum atomic E-state index is -3.13. The smallest absolute Gasteiger partial charge is 0.211 e. The standard InChI is InChI=1S/C20H23ClN4O.C18H19ClN4O2S.C18H18ClN3O/c1-26-13-12-24-10-7-17(8-11-24)25-19-6-9-22-14-18(19)20(23-25)15-2-4-16(21)5-3-15;1-26(24,25)22-10-7-15(8-11-22)23-17-6-9-20-12-16(17)18(21-23)13-2-4-14(19)5-3-13;19-15-3-1-14(2-4-15)18-16-11-20-8-5-17(16)22(21-18)12-13-6-9-23-10-7-13/h2-6,9,14,17H,7-8,10-13H2,1H3;2-6,9,12,15H,7-8,10-11H2,1H3;1-5,8,11,13H,6-7,9-10,12H2. The average Bonchev–Trinajstić information content (AvgIpc) is 4.14. The van der Waals surface area contributed by atoms with E-state index in [0.717, 1.165) is 161 Å². The van der Waals surface area contributed by atoms with E-state index in [2.05, 4.69) is 35.3 Å². The van der Waals surface area contributed by atoms with Crippen molar-refractivity contribution in [2.45, 2.75) is 57.2 Å². The van der Waals surface area contributed by atoms with Crippen LogP contribution in [0.5, 0.6) is 0 Å². The van der Waals surface area contributed by atoms with Crippen molar-refractivity contribution in [1.82, 2.24) is 53.5 Å². The lowest BCUT2D eigenvalue weighted by molar-refractivity contribution is 0.0606. The summed E-state index contributed by atoms with van der Waals surface area (Å²) in [5.41, 5.74) is 9.25. The molecule has 0 amide bonds. The largest absolute Gasteiger partial charge is 0.383 e. The van der Waals surface area contributed by atoms with Crippen molar-refractivity contribution in [1.29, 1.82) is 0 Å². The summed E-state index contributed by atoms with van der Waals surface area (Å²) < 4.78 is 42.0. The summed E-state index contributed by atoms with van der Waals surface area (Å²) >= 11 is 18.0. The predicted octanol–water partition coefficient (Wildman–Crippen LogP) is 11.6. The van der Waals surface area contributed by atoms with Crippen LogP contribution in [0.4, 0.5) is 0 Å². The molecule has 3 aromatic carbocycles. The lowest BCUT2D eigenvalue weighted by Gasteiger charge is -2.32. The summed E-state index contributed by atoms with van der Waals surface area (Å²) in [6, 6.07) is 29.9. The van der Waals surface area contributed by atoms with Gasteiger partial charge in [-0.2, -0.15) is 15.3 Å². The molecule has 0 saturated carbocycles. The zero-order chi connectivity index (χ0) is 51.9. The molecule has 9 heterocycles. The number of pyridine rings is 3. The number of halogens is 3. The van der Waals surface area contributed by atoms with Crippen LogP contribution in [0.25, 0.3) is 66.5 Å². The van der Waals surface area contributed by atoms with Crippen molar-refractivity contribution in [3.63, 3.8) is 0 Å². The van der Waals surface area contributed by atoms with Crippen LogP contribution in [-0.4, -0.2) is 128 Å².